The molecule has 0 heterocycles. The van der Waals surface area contributed by atoms with Gasteiger partial charge in [0, 0.05) is 12.6 Å². The molecule has 0 aromatic rings. The second-order valence-corrected chi connectivity index (χ2v) is 4.91. The molecule has 2 atom stereocenters. The van der Waals surface area contributed by atoms with Crippen LogP contribution in [-0.2, 0) is 4.79 Å². The zero-order chi connectivity index (χ0) is 11.8. The highest BCUT2D eigenvalue weighted by molar-refractivity contribution is 5.79. The first-order valence-corrected chi connectivity index (χ1v) is 6.79. The number of carbonyl (C=O) groups excluding carboxylic acids is 1. The zero-order valence-corrected chi connectivity index (χ0v) is 10.5. The van der Waals surface area contributed by atoms with Gasteiger partial charge in [-0.3, -0.25) is 4.79 Å². The van der Waals surface area contributed by atoms with Gasteiger partial charge in [0.1, 0.15) is 0 Å². The third-order valence-electron chi connectivity index (χ3n) is 3.49. The molecule has 0 bridgehead atoms. The van der Waals surface area contributed by atoms with Crippen LogP contribution in [0, 0.1) is 5.92 Å². The van der Waals surface area contributed by atoms with E-state index in [2.05, 4.69) is 12.2 Å². The quantitative estimate of drug-likeness (QED) is 0.682. The summed E-state index contributed by atoms with van der Waals surface area (Å²) in [4.78, 5) is 11.9. The number of unbranched alkanes of at least 4 members (excludes halogenated alkanes) is 3. The lowest BCUT2D eigenvalue weighted by Crippen LogP contribution is -2.43. The zero-order valence-electron chi connectivity index (χ0n) is 10.5. The molecule has 94 valence electrons. The Bertz CT molecular complexity index is 206. The molecule has 3 heteroatoms. The van der Waals surface area contributed by atoms with Gasteiger partial charge < -0.3 is 11.1 Å². The number of rotatable bonds is 6. The minimum Gasteiger partial charge on any atom is -0.356 e. The summed E-state index contributed by atoms with van der Waals surface area (Å²) in [5.74, 6) is 0.253. The predicted octanol–water partition coefficient (Wildman–Crippen LogP) is 2.20. The van der Waals surface area contributed by atoms with E-state index in [1.54, 1.807) is 0 Å². The fourth-order valence-electron chi connectivity index (χ4n) is 2.38. The maximum Gasteiger partial charge on any atom is 0.224 e. The first-order valence-electron chi connectivity index (χ1n) is 6.79. The molecule has 1 fully saturated rings. The fourth-order valence-corrected chi connectivity index (χ4v) is 2.38. The van der Waals surface area contributed by atoms with Gasteiger partial charge in [-0.25, -0.2) is 0 Å². The van der Waals surface area contributed by atoms with Crippen LogP contribution in [0.5, 0.6) is 0 Å². The second kappa shape index (κ2) is 7.66. The Labute approximate surface area is 99.2 Å². The molecule has 0 saturated heterocycles. The fraction of sp³-hybridized carbons (Fsp3) is 0.923. The van der Waals surface area contributed by atoms with Crippen molar-refractivity contribution in [2.75, 3.05) is 6.54 Å². The topological polar surface area (TPSA) is 55.1 Å². The molecule has 0 aromatic carbocycles. The van der Waals surface area contributed by atoms with Gasteiger partial charge in [-0.1, -0.05) is 39.0 Å². The van der Waals surface area contributed by atoms with Crippen LogP contribution in [0.2, 0.25) is 0 Å². The van der Waals surface area contributed by atoms with E-state index in [-0.39, 0.29) is 17.9 Å². The van der Waals surface area contributed by atoms with Gasteiger partial charge in [0.05, 0.1) is 5.92 Å². The van der Waals surface area contributed by atoms with Crippen molar-refractivity contribution in [1.29, 1.82) is 0 Å². The predicted molar refractivity (Wildman–Crippen MR) is 67.1 cm³/mol. The van der Waals surface area contributed by atoms with Crippen molar-refractivity contribution in [3.8, 4) is 0 Å². The van der Waals surface area contributed by atoms with Crippen LogP contribution in [-0.4, -0.2) is 18.5 Å². The van der Waals surface area contributed by atoms with Crippen molar-refractivity contribution in [1.82, 2.24) is 5.32 Å². The highest BCUT2D eigenvalue weighted by Gasteiger charge is 2.27. The smallest absolute Gasteiger partial charge is 0.224 e. The van der Waals surface area contributed by atoms with E-state index in [0.29, 0.717) is 0 Å². The Hall–Kier alpha value is -0.570. The SMILES string of the molecule is CCCCCCNC(=O)C1CCCCC1N. The second-order valence-electron chi connectivity index (χ2n) is 4.91. The highest BCUT2D eigenvalue weighted by Crippen LogP contribution is 2.22. The molecule has 1 aliphatic rings. The number of carbonyl (C=O) groups is 1. The Morgan fingerprint density at radius 2 is 2.00 bits per heavy atom. The summed E-state index contributed by atoms with van der Waals surface area (Å²) in [5.41, 5.74) is 5.97. The van der Waals surface area contributed by atoms with E-state index >= 15 is 0 Å². The average Bonchev–Trinajstić information content (AvgIpc) is 2.29. The lowest BCUT2D eigenvalue weighted by Gasteiger charge is -2.27. The Kier molecular flexibility index (Phi) is 6.46. The number of hydrogen-bond donors (Lipinski definition) is 2. The van der Waals surface area contributed by atoms with Gasteiger partial charge in [-0.05, 0) is 19.3 Å². The molecule has 3 nitrogen and oxygen atoms in total. The molecule has 1 saturated carbocycles. The van der Waals surface area contributed by atoms with Crippen LogP contribution < -0.4 is 11.1 Å². The van der Waals surface area contributed by atoms with Crippen LogP contribution in [0.25, 0.3) is 0 Å². The van der Waals surface area contributed by atoms with Gasteiger partial charge in [0.2, 0.25) is 5.91 Å². The monoisotopic (exact) mass is 226 g/mol. The maximum absolute atomic E-state index is 11.9. The van der Waals surface area contributed by atoms with E-state index in [9.17, 15) is 4.79 Å². The van der Waals surface area contributed by atoms with E-state index < -0.39 is 0 Å². The van der Waals surface area contributed by atoms with Crippen LogP contribution >= 0.6 is 0 Å². The Balaban J connectivity index is 2.13. The summed E-state index contributed by atoms with van der Waals surface area (Å²) in [7, 11) is 0. The van der Waals surface area contributed by atoms with E-state index in [0.717, 1.165) is 32.2 Å². The molecule has 3 N–H and O–H groups in total. The lowest BCUT2D eigenvalue weighted by atomic mass is 9.84. The summed E-state index contributed by atoms with van der Waals surface area (Å²) < 4.78 is 0. The van der Waals surface area contributed by atoms with Crippen LogP contribution in [0.1, 0.15) is 58.3 Å². The summed E-state index contributed by atoms with van der Waals surface area (Å²) in [6.45, 7) is 3.02. The Morgan fingerprint density at radius 3 is 2.69 bits per heavy atom. The largest absolute Gasteiger partial charge is 0.356 e. The van der Waals surface area contributed by atoms with Gasteiger partial charge >= 0.3 is 0 Å². The minimum absolute atomic E-state index is 0.0694. The number of nitrogens with two attached hydrogens (primary N) is 1. The molecule has 0 aliphatic heterocycles. The van der Waals surface area contributed by atoms with Crippen molar-refractivity contribution < 1.29 is 4.79 Å². The number of amides is 1. The van der Waals surface area contributed by atoms with Crippen molar-refractivity contribution in [3.05, 3.63) is 0 Å². The molecular weight excluding hydrogens is 200 g/mol. The molecular formula is C13H26N2O. The van der Waals surface area contributed by atoms with Crippen molar-refractivity contribution >= 4 is 5.91 Å². The Morgan fingerprint density at radius 1 is 1.25 bits per heavy atom. The number of hydrogen-bond acceptors (Lipinski definition) is 2. The summed E-state index contributed by atoms with van der Waals surface area (Å²) in [6.07, 6.45) is 9.13. The molecule has 1 rings (SSSR count). The normalized spacial score (nSPS) is 25.4. The minimum atomic E-state index is 0.0694. The molecule has 2 unspecified atom stereocenters. The third kappa shape index (κ3) is 4.52. The molecule has 0 aromatic heterocycles. The van der Waals surface area contributed by atoms with Crippen molar-refractivity contribution in [2.45, 2.75) is 64.3 Å². The van der Waals surface area contributed by atoms with Gasteiger partial charge in [-0.2, -0.15) is 0 Å². The first-order chi connectivity index (χ1) is 7.75. The van der Waals surface area contributed by atoms with Crippen LogP contribution in [0.15, 0.2) is 0 Å². The summed E-state index contributed by atoms with van der Waals surface area (Å²) in [5, 5.41) is 3.02. The lowest BCUT2D eigenvalue weighted by molar-refractivity contribution is -0.126. The molecule has 16 heavy (non-hydrogen) atoms. The first kappa shape index (κ1) is 13.5. The standard InChI is InChI=1S/C13H26N2O/c1-2-3-4-7-10-15-13(16)11-8-5-6-9-12(11)14/h11-12H,2-10,14H2,1H3,(H,15,16). The third-order valence-corrected chi connectivity index (χ3v) is 3.49. The van der Waals surface area contributed by atoms with Gasteiger partial charge in [0.15, 0.2) is 0 Å². The molecule has 1 aliphatic carbocycles. The molecule has 0 radical (unpaired) electrons. The van der Waals surface area contributed by atoms with Gasteiger partial charge in [0.25, 0.3) is 0 Å². The van der Waals surface area contributed by atoms with Crippen LogP contribution in [0.3, 0.4) is 0 Å². The highest BCUT2D eigenvalue weighted by atomic mass is 16.1. The molecule has 0 spiro atoms. The average molecular weight is 226 g/mol. The van der Waals surface area contributed by atoms with Crippen molar-refractivity contribution in [2.24, 2.45) is 11.7 Å². The molecule has 1 amide bonds. The van der Waals surface area contributed by atoms with Crippen molar-refractivity contribution in [3.63, 3.8) is 0 Å². The van der Waals surface area contributed by atoms with Gasteiger partial charge in [-0.15, -0.1) is 0 Å². The maximum atomic E-state index is 11.9. The van der Waals surface area contributed by atoms with Crippen LogP contribution in [0.4, 0.5) is 0 Å². The van der Waals surface area contributed by atoms with E-state index in [1.165, 1.54) is 25.7 Å². The van der Waals surface area contributed by atoms with E-state index in [1.807, 2.05) is 0 Å². The van der Waals surface area contributed by atoms with E-state index in [4.69, 9.17) is 5.73 Å². The summed E-state index contributed by atoms with van der Waals surface area (Å²) in [6, 6.07) is 0.0874. The summed E-state index contributed by atoms with van der Waals surface area (Å²) >= 11 is 0. The number of nitrogens with one attached hydrogen (secondary N) is 1.